The lowest BCUT2D eigenvalue weighted by Gasteiger charge is -2.38. The first-order valence-corrected chi connectivity index (χ1v) is 8.23. The van der Waals surface area contributed by atoms with Crippen molar-refractivity contribution in [1.29, 1.82) is 0 Å². The molecule has 110 valence electrons. The van der Waals surface area contributed by atoms with Crippen LogP contribution in [-0.2, 0) is 4.74 Å². The monoisotopic (exact) mass is 313 g/mol. The summed E-state index contributed by atoms with van der Waals surface area (Å²) >= 11 is 12.2. The lowest BCUT2D eigenvalue weighted by atomic mass is 9.77. The molecule has 2 aliphatic heterocycles. The summed E-state index contributed by atoms with van der Waals surface area (Å²) < 4.78 is 5.73. The lowest BCUT2D eigenvalue weighted by Crippen LogP contribution is -2.46. The summed E-state index contributed by atoms with van der Waals surface area (Å²) in [7, 11) is 0. The molecule has 2 fully saturated rings. The highest BCUT2D eigenvalue weighted by Crippen LogP contribution is 2.42. The molecule has 0 aromatic heterocycles. The molecule has 0 unspecified atom stereocenters. The zero-order valence-corrected chi connectivity index (χ0v) is 13.3. The Labute approximate surface area is 130 Å². The predicted octanol–water partition coefficient (Wildman–Crippen LogP) is 4.25. The van der Waals surface area contributed by atoms with E-state index in [0.29, 0.717) is 34.0 Å². The van der Waals surface area contributed by atoms with E-state index in [2.05, 4.69) is 18.3 Å². The zero-order valence-electron chi connectivity index (χ0n) is 11.7. The van der Waals surface area contributed by atoms with Gasteiger partial charge in [0.15, 0.2) is 0 Å². The van der Waals surface area contributed by atoms with E-state index >= 15 is 0 Å². The summed E-state index contributed by atoms with van der Waals surface area (Å²) in [6.07, 6.45) is 3.72. The largest absolute Gasteiger partial charge is 0.381 e. The molecule has 2 heterocycles. The number of halogens is 2. The first-order chi connectivity index (χ1) is 9.69. The Bertz CT molecular complexity index is 480. The number of fused-ring (bicyclic) bond motifs is 2. The minimum absolute atomic E-state index is 0.523. The second-order valence-electron chi connectivity index (χ2n) is 5.89. The number of hydrogen-bond donors (Lipinski definition) is 1. The fourth-order valence-corrected chi connectivity index (χ4v) is 4.05. The van der Waals surface area contributed by atoms with Crippen LogP contribution in [0.4, 0.5) is 0 Å². The SMILES string of the molecule is CCOC[C@H]1[C@@H]2CC[C@H](C[C@H]1c1ccc(Cl)c(Cl)c1)N2. The van der Waals surface area contributed by atoms with Gasteiger partial charge >= 0.3 is 0 Å². The Balaban J connectivity index is 1.85. The molecule has 4 atom stereocenters. The predicted molar refractivity (Wildman–Crippen MR) is 83.7 cm³/mol. The van der Waals surface area contributed by atoms with Gasteiger partial charge in [-0.15, -0.1) is 0 Å². The van der Waals surface area contributed by atoms with E-state index in [1.54, 1.807) is 0 Å². The van der Waals surface area contributed by atoms with Gasteiger partial charge in [-0.1, -0.05) is 29.3 Å². The summed E-state index contributed by atoms with van der Waals surface area (Å²) in [5, 5.41) is 5.03. The van der Waals surface area contributed by atoms with Crippen LogP contribution in [0.25, 0.3) is 0 Å². The third-order valence-electron chi connectivity index (χ3n) is 4.73. The number of hydrogen-bond acceptors (Lipinski definition) is 2. The number of rotatable bonds is 4. The molecule has 3 rings (SSSR count). The Morgan fingerprint density at radius 1 is 1.25 bits per heavy atom. The first kappa shape index (κ1) is 14.6. The van der Waals surface area contributed by atoms with Gasteiger partial charge < -0.3 is 10.1 Å². The third-order valence-corrected chi connectivity index (χ3v) is 5.47. The number of benzene rings is 1. The van der Waals surface area contributed by atoms with Crippen LogP contribution in [0.3, 0.4) is 0 Å². The van der Waals surface area contributed by atoms with Crippen molar-refractivity contribution in [2.45, 2.75) is 44.2 Å². The van der Waals surface area contributed by atoms with Gasteiger partial charge in [0.2, 0.25) is 0 Å². The van der Waals surface area contributed by atoms with E-state index in [0.717, 1.165) is 13.2 Å². The highest BCUT2D eigenvalue weighted by Gasteiger charge is 2.42. The lowest BCUT2D eigenvalue weighted by molar-refractivity contribution is 0.0723. The molecule has 1 aromatic carbocycles. The minimum Gasteiger partial charge on any atom is -0.381 e. The van der Waals surface area contributed by atoms with Crippen molar-refractivity contribution in [3.8, 4) is 0 Å². The zero-order chi connectivity index (χ0) is 14.1. The van der Waals surface area contributed by atoms with Crippen LogP contribution < -0.4 is 5.32 Å². The molecule has 20 heavy (non-hydrogen) atoms. The molecular weight excluding hydrogens is 293 g/mol. The van der Waals surface area contributed by atoms with Gasteiger partial charge in [0.1, 0.15) is 0 Å². The standard InChI is InChI=1S/C16H21Cl2NO/c1-2-20-9-13-12(8-11-4-6-16(13)19-11)10-3-5-14(17)15(18)7-10/h3,5,7,11-13,16,19H,2,4,6,8-9H2,1H3/t11-,12+,13-,16+/m1/s1. The second-order valence-corrected chi connectivity index (χ2v) is 6.70. The van der Waals surface area contributed by atoms with Gasteiger partial charge in [0, 0.05) is 24.6 Å². The number of nitrogens with one attached hydrogen (secondary N) is 1. The average molecular weight is 314 g/mol. The van der Waals surface area contributed by atoms with Gasteiger partial charge in [-0.2, -0.15) is 0 Å². The van der Waals surface area contributed by atoms with E-state index in [1.165, 1.54) is 24.8 Å². The van der Waals surface area contributed by atoms with Crippen LogP contribution in [0.5, 0.6) is 0 Å². The third kappa shape index (κ3) is 2.85. The Kier molecular flexibility index (Phi) is 4.56. The molecule has 0 aliphatic carbocycles. The molecule has 2 saturated heterocycles. The van der Waals surface area contributed by atoms with Crippen molar-refractivity contribution in [1.82, 2.24) is 5.32 Å². The van der Waals surface area contributed by atoms with Gasteiger partial charge in [-0.25, -0.2) is 0 Å². The summed E-state index contributed by atoms with van der Waals surface area (Å²) in [5.74, 6) is 1.06. The second kappa shape index (κ2) is 6.23. The molecular formula is C16H21Cl2NO. The number of piperidine rings is 1. The van der Waals surface area contributed by atoms with Crippen molar-refractivity contribution in [3.05, 3.63) is 33.8 Å². The van der Waals surface area contributed by atoms with Crippen molar-refractivity contribution in [2.75, 3.05) is 13.2 Å². The van der Waals surface area contributed by atoms with E-state index in [9.17, 15) is 0 Å². The van der Waals surface area contributed by atoms with Gasteiger partial charge in [0.05, 0.1) is 16.7 Å². The van der Waals surface area contributed by atoms with E-state index in [-0.39, 0.29) is 0 Å². The summed E-state index contributed by atoms with van der Waals surface area (Å²) in [5.41, 5.74) is 1.31. The maximum atomic E-state index is 6.19. The topological polar surface area (TPSA) is 21.3 Å². The van der Waals surface area contributed by atoms with Crippen LogP contribution in [0, 0.1) is 5.92 Å². The molecule has 2 nitrogen and oxygen atoms in total. The van der Waals surface area contributed by atoms with Crippen molar-refractivity contribution in [3.63, 3.8) is 0 Å². The van der Waals surface area contributed by atoms with Crippen molar-refractivity contribution in [2.24, 2.45) is 5.92 Å². The molecule has 0 radical (unpaired) electrons. The smallest absolute Gasteiger partial charge is 0.0595 e. The molecule has 0 amide bonds. The van der Waals surface area contributed by atoms with Crippen molar-refractivity contribution >= 4 is 23.2 Å². The molecule has 1 N–H and O–H groups in total. The maximum absolute atomic E-state index is 6.19. The Morgan fingerprint density at radius 3 is 2.85 bits per heavy atom. The van der Waals surface area contributed by atoms with E-state index < -0.39 is 0 Å². The maximum Gasteiger partial charge on any atom is 0.0595 e. The molecule has 1 aromatic rings. The summed E-state index contributed by atoms with van der Waals surface area (Å²) in [6.45, 7) is 3.66. The Morgan fingerprint density at radius 2 is 2.10 bits per heavy atom. The normalized spacial score (nSPS) is 32.5. The molecule has 0 spiro atoms. The molecule has 2 bridgehead atoms. The van der Waals surface area contributed by atoms with Crippen LogP contribution in [0.1, 0.15) is 37.7 Å². The highest BCUT2D eigenvalue weighted by atomic mass is 35.5. The summed E-state index contributed by atoms with van der Waals surface area (Å²) in [6, 6.07) is 7.32. The Hall–Kier alpha value is -0.280. The van der Waals surface area contributed by atoms with Gasteiger partial charge in [0.25, 0.3) is 0 Å². The first-order valence-electron chi connectivity index (χ1n) is 7.47. The van der Waals surface area contributed by atoms with Crippen LogP contribution in [0.2, 0.25) is 10.0 Å². The molecule has 2 aliphatic rings. The van der Waals surface area contributed by atoms with Crippen LogP contribution >= 0.6 is 23.2 Å². The quantitative estimate of drug-likeness (QED) is 0.897. The minimum atomic E-state index is 0.523. The average Bonchev–Trinajstić information content (AvgIpc) is 2.83. The van der Waals surface area contributed by atoms with E-state index in [4.69, 9.17) is 27.9 Å². The van der Waals surface area contributed by atoms with Gasteiger partial charge in [-0.05, 0) is 49.8 Å². The number of ether oxygens (including phenoxy) is 1. The van der Waals surface area contributed by atoms with E-state index in [1.807, 2.05) is 12.1 Å². The molecule has 4 heteroatoms. The van der Waals surface area contributed by atoms with Crippen LogP contribution in [0.15, 0.2) is 18.2 Å². The summed E-state index contributed by atoms with van der Waals surface area (Å²) in [4.78, 5) is 0. The molecule has 0 saturated carbocycles. The highest BCUT2D eigenvalue weighted by molar-refractivity contribution is 6.42. The fourth-order valence-electron chi connectivity index (χ4n) is 3.75. The fraction of sp³-hybridized carbons (Fsp3) is 0.625. The van der Waals surface area contributed by atoms with Gasteiger partial charge in [-0.3, -0.25) is 0 Å². The van der Waals surface area contributed by atoms with Crippen molar-refractivity contribution < 1.29 is 4.74 Å². The van der Waals surface area contributed by atoms with Crippen LogP contribution in [-0.4, -0.2) is 25.3 Å².